The Morgan fingerprint density at radius 1 is 0.679 bits per heavy atom. The number of carboxylic acids is 4. The molecule has 444 valence electrons. The van der Waals surface area contributed by atoms with Gasteiger partial charge in [-0.3, -0.25) is 48.3 Å². The first-order chi connectivity index (χ1) is 39.8. The number of carboxylic acid groups (broad SMARTS) is 4. The van der Waals surface area contributed by atoms with Crippen molar-refractivity contribution in [3.8, 4) is 39.8 Å². The molecule has 84 heavy (non-hydrogen) atoms. The summed E-state index contributed by atoms with van der Waals surface area (Å²) in [4.78, 5) is 123. The predicted molar refractivity (Wildman–Crippen MR) is 295 cm³/mol. The Hall–Kier alpha value is -10.0. The number of carbonyl (C=O) groups is 9. The molecule has 28 nitrogen and oxygen atoms in total. The monoisotopic (exact) mass is 1180 g/mol. The van der Waals surface area contributed by atoms with Gasteiger partial charge in [-0.05, 0) is 72.2 Å². The molecule has 0 spiro atoms. The van der Waals surface area contributed by atoms with Gasteiger partial charge >= 0.3 is 23.9 Å². The standard InChI is InChI=1S/C55H59N9O19S/c1-55(2,18-8-9-19-81-46-22-35(20-36(60-46)31-10-4-3-5-11-31)32-14-16-41-42(21-32)83-30-82-41)29-57-51(73)37(61-50(72)34-15-17-44(56-27-34)64-58-28-33-12-6-7-13-43(33)84(78,79)80)23-45(65)59-38(24-47(66)67)52(74)62-39(25-48(68)69)53(75)63-40(54(76)77)26-49(70)71/h3-7,10-17,20-22,27-28,37-40H,8-9,18-19,23-26,29-30H2,1-2H3,(H,56,64)(H,57,73)(H,59,65)(H,61,72)(H,62,74)(H,63,75)(H,66,67)(H,68,69)(H,70,71)(H,76,77)(H,78,79,80)/b58-28+/t37-,38-,39-,40-/m0/s1. The van der Waals surface area contributed by atoms with Gasteiger partial charge in [0.1, 0.15) is 34.9 Å². The third-order valence-electron chi connectivity index (χ3n) is 12.5. The Kier molecular flexibility index (Phi) is 21.9. The Labute approximate surface area is 479 Å². The van der Waals surface area contributed by atoms with Crippen molar-refractivity contribution in [3.63, 3.8) is 0 Å². The van der Waals surface area contributed by atoms with Crippen LogP contribution < -0.4 is 46.2 Å². The Morgan fingerprint density at radius 2 is 1.31 bits per heavy atom. The first-order valence-electron chi connectivity index (χ1n) is 25.6. The van der Waals surface area contributed by atoms with Crippen molar-refractivity contribution in [2.24, 2.45) is 10.5 Å². The number of anilines is 1. The normalized spacial score (nSPS) is 13.3. The number of hydrazone groups is 1. The molecule has 0 unspecified atom stereocenters. The molecule has 4 atom stereocenters. The number of ether oxygens (including phenoxy) is 3. The van der Waals surface area contributed by atoms with Crippen molar-refractivity contribution in [2.45, 2.75) is 87.9 Å². The van der Waals surface area contributed by atoms with E-state index in [0.29, 0.717) is 42.3 Å². The van der Waals surface area contributed by atoms with Crippen LogP contribution in [0.5, 0.6) is 17.4 Å². The zero-order valence-corrected chi connectivity index (χ0v) is 45.8. The number of hydrogen-bond donors (Lipinski definition) is 11. The van der Waals surface area contributed by atoms with Gasteiger partial charge in [-0.1, -0.05) is 68.4 Å². The van der Waals surface area contributed by atoms with Gasteiger partial charge in [0.25, 0.3) is 16.0 Å². The molecule has 0 bridgehead atoms. The maximum absolute atomic E-state index is 14.0. The molecule has 29 heteroatoms. The van der Waals surface area contributed by atoms with Gasteiger partial charge in [0.05, 0.1) is 49.8 Å². The molecule has 0 fully saturated rings. The number of amides is 5. The number of pyridine rings is 2. The molecule has 3 aromatic carbocycles. The van der Waals surface area contributed by atoms with Crippen LogP contribution in [0.4, 0.5) is 5.82 Å². The molecule has 0 saturated carbocycles. The van der Waals surface area contributed by atoms with E-state index in [1.165, 1.54) is 30.3 Å². The van der Waals surface area contributed by atoms with Gasteiger partial charge in [0, 0.05) is 29.9 Å². The molecule has 2 aromatic heterocycles. The van der Waals surface area contributed by atoms with E-state index in [1.54, 1.807) is 5.32 Å². The topological polar surface area (TPSA) is 427 Å². The molecule has 6 rings (SSSR count). The van der Waals surface area contributed by atoms with E-state index in [4.69, 9.17) is 24.3 Å². The molecule has 11 N–H and O–H groups in total. The fraction of sp³-hybridized carbons (Fsp3) is 0.309. The number of fused-ring (bicyclic) bond motifs is 1. The van der Waals surface area contributed by atoms with Crippen molar-refractivity contribution >= 4 is 75.6 Å². The van der Waals surface area contributed by atoms with Crippen molar-refractivity contribution in [3.05, 3.63) is 114 Å². The minimum absolute atomic E-state index is 0.0102. The summed E-state index contributed by atoms with van der Waals surface area (Å²) in [5, 5.41) is 52.5. The number of carbonyl (C=O) groups excluding carboxylic acids is 5. The Bertz CT molecular complexity index is 3400. The fourth-order valence-electron chi connectivity index (χ4n) is 8.16. The lowest BCUT2D eigenvalue weighted by Gasteiger charge is -2.27. The molecule has 1 aliphatic rings. The maximum atomic E-state index is 14.0. The SMILES string of the molecule is CC(C)(CCCCOc1cc(-c2ccc3c(c2)OCO3)cc(-c2ccccc2)n1)CNC(=O)[C@H](CC(=O)N[C@@H](CC(=O)O)C(=O)N[C@@H](CC(=O)O)C(=O)N[C@@H](CC(=O)O)C(=O)O)NC(=O)c1ccc(N/N=C/c2ccccc2S(=O)(=O)O)nc1. The molecular formula is C55H59N9O19S. The molecule has 0 saturated heterocycles. The van der Waals surface area contributed by atoms with E-state index in [-0.39, 0.29) is 36.9 Å². The molecule has 5 amide bonds. The predicted octanol–water partition coefficient (Wildman–Crippen LogP) is 3.08. The molecule has 5 aromatic rings. The highest BCUT2D eigenvalue weighted by molar-refractivity contribution is 7.86. The lowest BCUT2D eigenvalue weighted by molar-refractivity contribution is -0.148. The van der Waals surface area contributed by atoms with Gasteiger partial charge in [-0.15, -0.1) is 0 Å². The maximum Gasteiger partial charge on any atom is 0.326 e. The number of aromatic nitrogens is 2. The average Bonchev–Trinajstić information content (AvgIpc) is 4.13. The summed E-state index contributed by atoms with van der Waals surface area (Å²) in [6.45, 7) is 4.10. The second kappa shape index (κ2) is 29.1. The van der Waals surface area contributed by atoms with E-state index in [1.807, 2.05) is 79.8 Å². The van der Waals surface area contributed by atoms with E-state index in [9.17, 15) is 71.4 Å². The second-order valence-corrected chi connectivity index (χ2v) is 21.0. The van der Waals surface area contributed by atoms with E-state index in [0.717, 1.165) is 35.2 Å². The first-order valence-corrected chi connectivity index (χ1v) is 27.1. The zero-order chi connectivity index (χ0) is 61.1. The van der Waals surface area contributed by atoms with Gasteiger partial charge in [-0.25, -0.2) is 14.8 Å². The third kappa shape index (κ3) is 19.3. The summed E-state index contributed by atoms with van der Waals surface area (Å²) in [5.41, 5.74) is 5.04. The Balaban J connectivity index is 1.13. The highest BCUT2D eigenvalue weighted by Crippen LogP contribution is 2.37. The molecule has 1 aliphatic heterocycles. The van der Waals surface area contributed by atoms with Crippen LogP contribution in [0.15, 0.2) is 113 Å². The van der Waals surface area contributed by atoms with Gasteiger partial charge < -0.3 is 61.2 Å². The number of benzene rings is 3. The number of nitrogens with one attached hydrogen (secondary N) is 6. The van der Waals surface area contributed by atoms with Crippen LogP contribution in [0.2, 0.25) is 0 Å². The number of nitrogens with zero attached hydrogens (tertiary/aromatic N) is 3. The van der Waals surface area contributed by atoms with Crippen LogP contribution >= 0.6 is 0 Å². The lowest BCUT2D eigenvalue weighted by Crippen LogP contribution is -2.57. The summed E-state index contributed by atoms with van der Waals surface area (Å²) >= 11 is 0. The average molecular weight is 1180 g/mol. The number of rotatable bonds is 31. The van der Waals surface area contributed by atoms with Crippen molar-refractivity contribution in [2.75, 3.05) is 25.4 Å². The zero-order valence-electron chi connectivity index (χ0n) is 45.0. The van der Waals surface area contributed by atoms with E-state index >= 15 is 0 Å². The van der Waals surface area contributed by atoms with E-state index < -0.39 is 124 Å². The van der Waals surface area contributed by atoms with Crippen molar-refractivity contribution < 1.29 is 90.8 Å². The molecule has 0 radical (unpaired) electrons. The Morgan fingerprint density at radius 3 is 1.96 bits per heavy atom. The van der Waals surface area contributed by atoms with Crippen LogP contribution in [0.1, 0.15) is 74.7 Å². The number of aliphatic carboxylic acids is 4. The minimum atomic E-state index is -4.59. The van der Waals surface area contributed by atoms with Crippen molar-refractivity contribution in [1.29, 1.82) is 0 Å². The van der Waals surface area contributed by atoms with Crippen LogP contribution in [0.3, 0.4) is 0 Å². The van der Waals surface area contributed by atoms with Crippen LogP contribution in [-0.4, -0.2) is 147 Å². The minimum Gasteiger partial charge on any atom is -0.481 e. The quantitative estimate of drug-likeness (QED) is 0.0131. The molecule has 3 heterocycles. The van der Waals surface area contributed by atoms with Crippen LogP contribution in [-0.2, 0) is 48.5 Å². The van der Waals surface area contributed by atoms with Crippen LogP contribution in [0.25, 0.3) is 22.4 Å². The fourth-order valence-corrected chi connectivity index (χ4v) is 8.83. The largest absolute Gasteiger partial charge is 0.481 e. The summed E-state index contributed by atoms with van der Waals surface area (Å²) in [5.74, 6) is -11.2. The van der Waals surface area contributed by atoms with Gasteiger partial charge in [-0.2, -0.15) is 13.5 Å². The van der Waals surface area contributed by atoms with Gasteiger partial charge in [0.2, 0.25) is 36.3 Å². The number of unbranched alkanes of at least 4 members (excludes halogenated alkanes) is 1. The smallest absolute Gasteiger partial charge is 0.326 e. The second-order valence-electron chi connectivity index (χ2n) is 19.6. The summed E-state index contributed by atoms with van der Waals surface area (Å²) in [6, 6.07) is 18.9. The van der Waals surface area contributed by atoms with E-state index in [2.05, 4.69) is 31.5 Å². The van der Waals surface area contributed by atoms with Crippen molar-refractivity contribution in [1.82, 2.24) is 36.6 Å². The lowest BCUT2D eigenvalue weighted by atomic mass is 9.87. The molecule has 0 aliphatic carbocycles. The highest BCUT2D eigenvalue weighted by Gasteiger charge is 2.34. The highest BCUT2D eigenvalue weighted by atomic mass is 32.2. The first kappa shape index (κ1) is 63.2. The van der Waals surface area contributed by atoms with Crippen LogP contribution in [0, 0.1) is 5.41 Å². The summed E-state index contributed by atoms with van der Waals surface area (Å²) < 4.78 is 50.3. The summed E-state index contributed by atoms with van der Waals surface area (Å²) in [7, 11) is -4.59. The molecular weight excluding hydrogens is 1120 g/mol. The number of hydrogen-bond acceptors (Lipinski definition) is 18. The summed E-state index contributed by atoms with van der Waals surface area (Å²) in [6.07, 6.45) is -0.635. The van der Waals surface area contributed by atoms with Gasteiger partial charge in [0.15, 0.2) is 11.5 Å². The third-order valence-corrected chi connectivity index (χ3v) is 13.4.